The largest absolute Gasteiger partial charge is 0.486 e. The minimum atomic E-state index is 0.497. The minimum absolute atomic E-state index is 0.497. The van der Waals surface area contributed by atoms with Gasteiger partial charge in [-0.2, -0.15) is 0 Å². The third-order valence-corrected chi connectivity index (χ3v) is 3.48. The topological polar surface area (TPSA) is 21.7 Å². The van der Waals surface area contributed by atoms with Crippen molar-refractivity contribution in [1.82, 2.24) is 4.90 Å². The van der Waals surface area contributed by atoms with Crippen LogP contribution in [0.5, 0.6) is 11.5 Å². The van der Waals surface area contributed by atoms with Gasteiger partial charge < -0.3 is 9.47 Å². The van der Waals surface area contributed by atoms with E-state index in [1.807, 2.05) is 6.07 Å². The molecule has 0 aromatic heterocycles. The maximum absolute atomic E-state index is 5.76. The van der Waals surface area contributed by atoms with Gasteiger partial charge in [-0.1, -0.05) is 12.1 Å². The molecule has 3 rings (SSSR count). The fourth-order valence-corrected chi connectivity index (χ4v) is 2.66. The van der Waals surface area contributed by atoms with Gasteiger partial charge in [0.15, 0.2) is 11.5 Å². The van der Waals surface area contributed by atoms with Crippen LogP contribution < -0.4 is 9.47 Å². The van der Waals surface area contributed by atoms with Crippen LogP contribution in [0, 0.1) is 0 Å². The van der Waals surface area contributed by atoms with Crippen LogP contribution >= 0.6 is 0 Å². The lowest BCUT2D eigenvalue weighted by Crippen LogP contribution is -2.21. The number of fused-ring (bicyclic) bond motifs is 1. The molecule has 1 saturated heterocycles. The fourth-order valence-electron chi connectivity index (χ4n) is 2.66. The van der Waals surface area contributed by atoms with Gasteiger partial charge in [-0.3, -0.25) is 4.90 Å². The first-order valence-electron chi connectivity index (χ1n) is 5.95. The zero-order valence-corrected chi connectivity index (χ0v) is 9.61. The zero-order chi connectivity index (χ0) is 11.0. The molecule has 16 heavy (non-hydrogen) atoms. The highest BCUT2D eigenvalue weighted by molar-refractivity contribution is 5.49. The number of hydrogen-bond donors (Lipinski definition) is 0. The number of likely N-dealkylation sites (tertiary alicyclic amines) is 1. The van der Waals surface area contributed by atoms with Gasteiger partial charge >= 0.3 is 0 Å². The van der Waals surface area contributed by atoms with Crippen molar-refractivity contribution in [3.05, 3.63) is 23.8 Å². The van der Waals surface area contributed by atoms with Gasteiger partial charge in [-0.15, -0.1) is 0 Å². The summed E-state index contributed by atoms with van der Waals surface area (Å²) in [6.45, 7) is 2.51. The van der Waals surface area contributed by atoms with Crippen LogP contribution in [0.25, 0.3) is 0 Å². The van der Waals surface area contributed by atoms with Crippen molar-refractivity contribution in [3.63, 3.8) is 0 Å². The SMILES string of the molecule is CN1CCCC1c1cccc2c1OCCO2. The summed E-state index contributed by atoms with van der Waals surface area (Å²) in [4.78, 5) is 2.40. The lowest BCUT2D eigenvalue weighted by Gasteiger charge is -2.26. The lowest BCUT2D eigenvalue weighted by molar-refractivity contribution is 0.166. The van der Waals surface area contributed by atoms with Crippen LogP contribution in [-0.4, -0.2) is 31.7 Å². The van der Waals surface area contributed by atoms with Crippen LogP contribution in [0.4, 0.5) is 0 Å². The van der Waals surface area contributed by atoms with E-state index < -0.39 is 0 Å². The Morgan fingerprint density at radius 2 is 2.12 bits per heavy atom. The first kappa shape index (κ1) is 9.97. The molecule has 0 bridgehead atoms. The third kappa shape index (κ3) is 1.55. The Kier molecular flexibility index (Phi) is 2.48. The van der Waals surface area contributed by atoms with Crippen molar-refractivity contribution in [2.45, 2.75) is 18.9 Å². The van der Waals surface area contributed by atoms with E-state index >= 15 is 0 Å². The summed E-state index contributed by atoms with van der Waals surface area (Å²) < 4.78 is 11.4. The molecule has 2 aliphatic rings. The quantitative estimate of drug-likeness (QED) is 0.723. The van der Waals surface area contributed by atoms with E-state index in [9.17, 15) is 0 Å². The molecule has 2 aliphatic heterocycles. The van der Waals surface area contributed by atoms with Crippen molar-refractivity contribution in [1.29, 1.82) is 0 Å². The Labute approximate surface area is 96.0 Å². The molecule has 3 heteroatoms. The van der Waals surface area contributed by atoms with Crippen molar-refractivity contribution < 1.29 is 9.47 Å². The van der Waals surface area contributed by atoms with Gasteiger partial charge in [0.2, 0.25) is 0 Å². The molecule has 1 fully saturated rings. The first-order valence-corrected chi connectivity index (χ1v) is 5.95. The van der Waals surface area contributed by atoms with E-state index in [-0.39, 0.29) is 0 Å². The molecule has 0 aliphatic carbocycles. The van der Waals surface area contributed by atoms with Gasteiger partial charge in [-0.05, 0) is 32.5 Å². The average molecular weight is 219 g/mol. The highest BCUT2D eigenvalue weighted by Crippen LogP contribution is 2.41. The molecule has 0 saturated carbocycles. The lowest BCUT2D eigenvalue weighted by atomic mass is 10.0. The molecule has 0 radical (unpaired) electrons. The molecule has 0 spiro atoms. The number of benzene rings is 1. The summed E-state index contributed by atoms with van der Waals surface area (Å²) >= 11 is 0. The Morgan fingerprint density at radius 3 is 2.94 bits per heavy atom. The Balaban J connectivity index is 2.00. The van der Waals surface area contributed by atoms with Gasteiger partial charge in [0, 0.05) is 11.6 Å². The first-order chi connectivity index (χ1) is 7.86. The highest BCUT2D eigenvalue weighted by atomic mass is 16.6. The Bertz CT molecular complexity index is 392. The van der Waals surface area contributed by atoms with Gasteiger partial charge in [0.1, 0.15) is 13.2 Å². The Hall–Kier alpha value is -1.22. The smallest absolute Gasteiger partial charge is 0.166 e. The molecular formula is C13H17NO2. The fraction of sp³-hybridized carbons (Fsp3) is 0.538. The predicted molar refractivity (Wildman–Crippen MR) is 62.0 cm³/mol. The molecule has 2 heterocycles. The number of para-hydroxylation sites is 1. The summed E-state index contributed by atoms with van der Waals surface area (Å²) in [5, 5.41) is 0. The molecule has 1 atom stereocenters. The van der Waals surface area contributed by atoms with Crippen molar-refractivity contribution in [3.8, 4) is 11.5 Å². The summed E-state index contributed by atoms with van der Waals surface area (Å²) in [5.74, 6) is 1.87. The third-order valence-electron chi connectivity index (χ3n) is 3.48. The van der Waals surface area contributed by atoms with E-state index in [0.717, 1.165) is 11.5 Å². The Morgan fingerprint density at radius 1 is 1.25 bits per heavy atom. The van der Waals surface area contributed by atoms with E-state index in [1.54, 1.807) is 0 Å². The van der Waals surface area contributed by atoms with Crippen molar-refractivity contribution in [2.24, 2.45) is 0 Å². The van der Waals surface area contributed by atoms with Crippen LogP contribution in [0.3, 0.4) is 0 Å². The van der Waals surface area contributed by atoms with Crippen LogP contribution in [0.2, 0.25) is 0 Å². The molecule has 0 amide bonds. The molecule has 1 unspecified atom stereocenters. The van der Waals surface area contributed by atoms with Crippen molar-refractivity contribution in [2.75, 3.05) is 26.8 Å². The normalized spacial score (nSPS) is 24.7. The van der Waals surface area contributed by atoms with Crippen molar-refractivity contribution >= 4 is 0 Å². The molecule has 0 N–H and O–H groups in total. The minimum Gasteiger partial charge on any atom is -0.486 e. The standard InChI is InChI=1S/C13H17NO2/c1-14-7-3-5-11(14)10-4-2-6-12-13(10)16-9-8-15-12/h2,4,6,11H,3,5,7-9H2,1H3. The average Bonchev–Trinajstić information content (AvgIpc) is 2.75. The summed E-state index contributed by atoms with van der Waals surface area (Å²) in [6.07, 6.45) is 2.49. The molecule has 1 aromatic rings. The maximum Gasteiger partial charge on any atom is 0.166 e. The zero-order valence-electron chi connectivity index (χ0n) is 9.61. The highest BCUT2D eigenvalue weighted by Gasteiger charge is 2.27. The molecule has 1 aromatic carbocycles. The molecule has 3 nitrogen and oxygen atoms in total. The van der Waals surface area contributed by atoms with Crippen LogP contribution in [0.1, 0.15) is 24.4 Å². The van der Waals surface area contributed by atoms with Gasteiger partial charge in [0.05, 0.1) is 0 Å². The monoisotopic (exact) mass is 219 g/mol. The predicted octanol–water partition coefficient (Wildman–Crippen LogP) is 2.22. The molecule has 86 valence electrons. The second-order valence-corrected chi connectivity index (χ2v) is 4.51. The summed E-state index contributed by atoms with van der Waals surface area (Å²) in [7, 11) is 2.18. The van der Waals surface area contributed by atoms with Crippen LogP contribution in [-0.2, 0) is 0 Å². The van der Waals surface area contributed by atoms with E-state index in [0.29, 0.717) is 19.3 Å². The van der Waals surface area contributed by atoms with Gasteiger partial charge in [-0.25, -0.2) is 0 Å². The number of hydrogen-bond acceptors (Lipinski definition) is 3. The number of rotatable bonds is 1. The summed E-state index contributed by atoms with van der Waals surface area (Å²) in [6, 6.07) is 6.72. The maximum atomic E-state index is 5.76. The second-order valence-electron chi connectivity index (χ2n) is 4.51. The van der Waals surface area contributed by atoms with E-state index in [4.69, 9.17) is 9.47 Å². The van der Waals surface area contributed by atoms with Gasteiger partial charge in [0.25, 0.3) is 0 Å². The molecular weight excluding hydrogens is 202 g/mol. The number of ether oxygens (including phenoxy) is 2. The number of nitrogens with zero attached hydrogens (tertiary/aromatic N) is 1. The van der Waals surface area contributed by atoms with E-state index in [1.165, 1.54) is 24.9 Å². The summed E-state index contributed by atoms with van der Waals surface area (Å²) in [5.41, 5.74) is 1.29. The van der Waals surface area contributed by atoms with E-state index in [2.05, 4.69) is 24.1 Å². The second kappa shape index (κ2) is 3.98. The van der Waals surface area contributed by atoms with Crippen LogP contribution in [0.15, 0.2) is 18.2 Å².